The van der Waals surface area contributed by atoms with Gasteiger partial charge in [-0.2, -0.15) is 5.10 Å². The van der Waals surface area contributed by atoms with E-state index in [9.17, 15) is 4.79 Å². The number of aryl methyl sites for hydroxylation is 1. The van der Waals surface area contributed by atoms with Crippen molar-refractivity contribution in [3.05, 3.63) is 46.2 Å². The smallest absolute Gasteiger partial charge is 0.274 e. The summed E-state index contributed by atoms with van der Waals surface area (Å²) in [6, 6.07) is 7.29. The molecule has 0 saturated carbocycles. The van der Waals surface area contributed by atoms with E-state index < -0.39 is 0 Å². The van der Waals surface area contributed by atoms with Crippen molar-refractivity contribution < 1.29 is 9.53 Å². The molecule has 5 nitrogen and oxygen atoms in total. The minimum Gasteiger partial charge on any atom is -0.487 e. The van der Waals surface area contributed by atoms with E-state index in [1.54, 1.807) is 17.0 Å². The van der Waals surface area contributed by atoms with E-state index in [0.29, 0.717) is 23.8 Å². The first kappa shape index (κ1) is 14.9. The number of H-pyrrole nitrogens is 1. The highest BCUT2D eigenvalue weighted by molar-refractivity contribution is 6.30. The molecule has 1 aromatic heterocycles. The fraction of sp³-hybridized carbons (Fsp3) is 0.375. The number of ether oxygens (including phenoxy) is 1. The van der Waals surface area contributed by atoms with E-state index >= 15 is 0 Å². The van der Waals surface area contributed by atoms with E-state index in [0.717, 1.165) is 23.4 Å². The summed E-state index contributed by atoms with van der Waals surface area (Å²) in [4.78, 5) is 14.1. The zero-order valence-corrected chi connectivity index (χ0v) is 13.4. The third-order valence-corrected chi connectivity index (χ3v) is 4.14. The van der Waals surface area contributed by atoms with Crippen LogP contribution >= 0.6 is 11.6 Å². The van der Waals surface area contributed by atoms with E-state index in [4.69, 9.17) is 16.3 Å². The summed E-state index contributed by atoms with van der Waals surface area (Å²) in [5.74, 6) is 0.688. The number of benzene rings is 1. The van der Waals surface area contributed by atoms with Gasteiger partial charge in [-0.15, -0.1) is 0 Å². The summed E-state index contributed by atoms with van der Waals surface area (Å²) < 4.78 is 5.80. The quantitative estimate of drug-likeness (QED) is 0.942. The van der Waals surface area contributed by atoms with Crippen LogP contribution in [0.15, 0.2) is 24.3 Å². The maximum Gasteiger partial charge on any atom is 0.274 e. The first-order valence-corrected chi connectivity index (χ1v) is 7.71. The first-order valence-electron chi connectivity index (χ1n) is 7.33. The van der Waals surface area contributed by atoms with Crippen molar-refractivity contribution in [1.29, 1.82) is 0 Å². The van der Waals surface area contributed by atoms with Gasteiger partial charge in [0.2, 0.25) is 0 Å². The fourth-order valence-corrected chi connectivity index (χ4v) is 2.73. The number of aromatic amines is 1. The normalized spacial score (nSPS) is 14.8. The highest BCUT2D eigenvalue weighted by Gasteiger charge is 2.34. The highest BCUT2D eigenvalue weighted by Crippen LogP contribution is 2.23. The largest absolute Gasteiger partial charge is 0.487 e. The standard InChI is InChI=1S/C16H18ClN3O2/c1-3-14-10(2)15(19-18-14)16(21)20-8-13(9-20)22-12-6-4-5-11(17)7-12/h4-7,13H,3,8-9H2,1-2H3,(H,18,19). The van der Waals surface area contributed by atoms with Crippen LogP contribution in [-0.2, 0) is 6.42 Å². The van der Waals surface area contributed by atoms with Crippen LogP contribution in [0.25, 0.3) is 0 Å². The number of nitrogens with zero attached hydrogens (tertiary/aromatic N) is 2. The second-order valence-electron chi connectivity index (χ2n) is 5.44. The molecule has 1 aliphatic heterocycles. The Morgan fingerprint density at radius 3 is 2.91 bits per heavy atom. The predicted octanol–water partition coefficient (Wildman–Crippen LogP) is 2.84. The average molecular weight is 320 g/mol. The highest BCUT2D eigenvalue weighted by atomic mass is 35.5. The topological polar surface area (TPSA) is 58.2 Å². The Morgan fingerprint density at radius 1 is 1.50 bits per heavy atom. The summed E-state index contributed by atoms with van der Waals surface area (Å²) >= 11 is 5.93. The van der Waals surface area contributed by atoms with Gasteiger partial charge in [-0.3, -0.25) is 9.89 Å². The van der Waals surface area contributed by atoms with Crippen molar-refractivity contribution in [3.63, 3.8) is 0 Å². The number of rotatable bonds is 4. The molecule has 6 heteroatoms. The molecule has 0 atom stereocenters. The third kappa shape index (κ3) is 2.81. The van der Waals surface area contributed by atoms with Gasteiger partial charge >= 0.3 is 0 Å². The Balaban J connectivity index is 1.58. The Hall–Kier alpha value is -2.01. The molecule has 1 aliphatic rings. The van der Waals surface area contributed by atoms with Gasteiger partial charge in [0.1, 0.15) is 11.9 Å². The van der Waals surface area contributed by atoms with Crippen molar-refractivity contribution in [2.24, 2.45) is 0 Å². The number of carbonyl (C=O) groups is 1. The summed E-state index contributed by atoms with van der Waals surface area (Å²) in [7, 11) is 0. The molecule has 116 valence electrons. The average Bonchev–Trinajstić information content (AvgIpc) is 2.83. The lowest BCUT2D eigenvalue weighted by Gasteiger charge is -2.38. The number of halogens is 1. The Bertz CT molecular complexity index is 692. The van der Waals surface area contributed by atoms with E-state index in [-0.39, 0.29) is 12.0 Å². The monoisotopic (exact) mass is 319 g/mol. The van der Waals surface area contributed by atoms with Crippen LogP contribution in [0.1, 0.15) is 28.7 Å². The van der Waals surface area contributed by atoms with Gasteiger partial charge in [0.15, 0.2) is 5.69 Å². The van der Waals surface area contributed by atoms with Gasteiger partial charge in [-0.1, -0.05) is 24.6 Å². The zero-order valence-electron chi connectivity index (χ0n) is 12.6. The minimum absolute atomic E-state index is 0.00677. The molecule has 1 amide bonds. The molecule has 1 aromatic carbocycles. The van der Waals surface area contributed by atoms with Crippen LogP contribution in [0.5, 0.6) is 5.75 Å². The molecule has 0 radical (unpaired) electrons. The van der Waals surface area contributed by atoms with Crippen LogP contribution in [0, 0.1) is 6.92 Å². The second kappa shape index (κ2) is 6.01. The van der Waals surface area contributed by atoms with E-state index in [1.807, 2.05) is 26.0 Å². The third-order valence-electron chi connectivity index (χ3n) is 3.90. The molecule has 1 fully saturated rings. The first-order chi connectivity index (χ1) is 10.6. The summed E-state index contributed by atoms with van der Waals surface area (Å²) in [6.45, 7) is 5.10. The Morgan fingerprint density at radius 2 is 2.27 bits per heavy atom. The van der Waals surface area contributed by atoms with Gasteiger partial charge in [0.05, 0.1) is 13.1 Å². The summed E-state index contributed by atoms with van der Waals surface area (Å²) in [6.07, 6.45) is 0.847. The number of aromatic nitrogens is 2. The maximum atomic E-state index is 12.4. The molecule has 2 heterocycles. The number of carbonyl (C=O) groups excluding carboxylic acids is 1. The summed E-state index contributed by atoms with van der Waals surface area (Å²) in [5, 5.41) is 7.70. The molecule has 3 rings (SSSR count). The van der Waals surface area contributed by atoms with Gasteiger partial charge in [0.25, 0.3) is 5.91 Å². The lowest BCUT2D eigenvalue weighted by Crippen LogP contribution is -2.56. The molecule has 1 N–H and O–H groups in total. The van der Waals surface area contributed by atoms with Crippen molar-refractivity contribution in [2.75, 3.05) is 13.1 Å². The zero-order chi connectivity index (χ0) is 15.7. The Labute approximate surface area is 134 Å². The van der Waals surface area contributed by atoms with Crippen LogP contribution in [-0.4, -0.2) is 40.2 Å². The van der Waals surface area contributed by atoms with Gasteiger partial charge in [-0.05, 0) is 31.5 Å². The van der Waals surface area contributed by atoms with Crippen LogP contribution in [0.3, 0.4) is 0 Å². The number of hydrogen-bond acceptors (Lipinski definition) is 3. The van der Waals surface area contributed by atoms with Crippen molar-refractivity contribution in [2.45, 2.75) is 26.4 Å². The maximum absolute atomic E-state index is 12.4. The molecule has 1 saturated heterocycles. The SMILES string of the molecule is CCc1[nH]nc(C(=O)N2CC(Oc3cccc(Cl)c3)C2)c1C. The van der Waals surface area contributed by atoms with Gasteiger partial charge in [-0.25, -0.2) is 0 Å². The summed E-state index contributed by atoms with van der Waals surface area (Å²) in [5.41, 5.74) is 2.46. The Kier molecular flexibility index (Phi) is 4.07. The number of hydrogen-bond donors (Lipinski definition) is 1. The number of amides is 1. The van der Waals surface area contributed by atoms with Crippen molar-refractivity contribution in [3.8, 4) is 5.75 Å². The van der Waals surface area contributed by atoms with Crippen LogP contribution in [0.4, 0.5) is 0 Å². The van der Waals surface area contributed by atoms with Gasteiger partial charge in [0, 0.05) is 16.3 Å². The lowest BCUT2D eigenvalue weighted by atomic mass is 10.1. The molecule has 0 spiro atoms. The minimum atomic E-state index is -0.0422. The number of nitrogens with one attached hydrogen (secondary N) is 1. The van der Waals surface area contributed by atoms with Crippen LogP contribution in [0.2, 0.25) is 5.02 Å². The molecule has 2 aromatic rings. The fourth-order valence-electron chi connectivity index (χ4n) is 2.55. The molecule has 0 aliphatic carbocycles. The van der Waals surface area contributed by atoms with Crippen molar-refractivity contribution >= 4 is 17.5 Å². The molecule has 0 unspecified atom stereocenters. The van der Waals surface area contributed by atoms with Gasteiger partial charge < -0.3 is 9.64 Å². The van der Waals surface area contributed by atoms with Crippen LogP contribution < -0.4 is 4.74 Å². The lowest BCUT2D eigenvalue weighted by molar-refractivity contribution is 0.0173. The molecular weight excluding hydrogens is 302 g/mol. The molecular formula is C16H18ClN3O2. The number of likely N-dealkylation sites (tertiary alicyclic amines) is 1. The van der Waals surface area contributed by atoms with E-state index in [2.05, 4.69) is 10.2 Å². The molecule has 22 heavy (non-hydrogen) atoms. The molecule has 0 bridgehead atoms. The van der Waals surface area contributed by atoms with Crippen molar-refractivity contribution in [1.82, 2.24) is 15.1 Å². The predicted molar refractivity (Wildman–Crippen MR) is 84.5 cm³/mol. The second-order valence-corrected chi connectivity index (χ2v) is 5.87. The van der Waals surface area contributed by atoms with E-state index in [1.165, 1.54) is 0 Å².